The third-order valence-electron chi connectivity index (χ3n) is 3.56. The molecule has 0 heterocycles. The number of ether oxygens (including phenoxy) is 1. The summed E-state index contributed by atoms with van der Waals surface area (Å²) in [6.07, 6.45) is 6.64. The molecule has 19 heavy (non-hydrogen) atoms. The molecule has 112 valence electrons. The monoisotopic (exact) mass is 270 g/mol. The summed E-state index contributed by atoms with van der Waals surface area (Å²) in [5.41, 5.74) is 0. The summed E-state index contributed by atoms with van der Waals surface area (Å²) >= 11 is 0. The van der Waals surface area contributed by atoms with Crippen LogP contribution in [0.15, 0.2) is 0 Å². The van der Waals surface area contributed by atoms with Crippen LogP contribution < -0.4 is 10.6 Å². The third-order valence-corrected chi connectivity index (χ3v) is 3.56. The Morgan fingerprint density at radius 2 is 1.89 bits per heavy atom. The van der Waals surface area contributed by atoms with Crippen LogP contribution in [0, 0.1) is 0 Å². The number of hydrogen-bond acceptors (Lipinski definition) is 3. The molecular weight excluding hydrogens is 240 g/mol. The standard InChI is InChI=1S/C15H30N2O2/c1-12(2)16-10-7-11-19-13(3)15(18)17-14-8-5-4-6-9-14/h12-14,16H,4-11H2,1-3H3,(H,17,18). The second-order valence-corrected chi connectivity index (χ2v) is 5.82. The van der Waals surface area contributed by atoms with Gasteiger partial charge < -0.3 is 15.4 Å². The van der Waals surface area contributed by atoms with Gasteiger partial charge in [0.2, 0.25) is 5.91 Å². The highest BCUT2D eigenvalue weighted by Crippen LogP contribution is 2.17. The highest BCUT2D eigenvalue weighted by molar-refractivity contribution is 5.80. The summed E-state index contributed by atoms with van der Waals surface area (Å²) in [7, 11) is 0. The Hall–Kier alpha value is -0.610. The van der Waals surface area contributed by atoms with E-state index in [0.29, 0.717) is 18.7 Å². The summed E-state index contributed by atoms with van der Waals surface area (Å²) in [4.78, 5) is 11.9. The average molecular weight is 270 g/mol. The minimum absolute atomic E-state index is 0.0451. The quantitative estimate of drug-likeness (QED) is 0.665. The van der Waals surface area contributed by atoms with E-state index in [2.05, 4.69) is 24.5 Å². The van der Waals surface area contributed by atoms with E-state index in [0.717, 1.165) is 25.8 Å². The summed E-state index contributed by atoms with van der Waals surface area (Å²) in [6.45, 7) is 7.67. The molecule has 4 nitrogen and oxygen atoms in total. The molecule has 0 aliphatic heterocycles. The van der Waals surface area contributed by atoms with Gasteiger partial charge in [-0.3, -0.25) is 4.79 Å². The lowest BCUT2D eigenvalue weighted by Crippen LogP contribution is -2.42. The van der Waals surface area contributed by atoms with Crippen molar-refractivity contribution < 1.29 is 9.53 Å². The lowest BCUT2D eigenvalue weighted by Gasteiger charge is -2.24. The molecule has 0 aromatic rings. The van der Waals surface area contributed by atoms with Crippen molar-refractivity contribution in [1.29, 1.82) is 0 Å². The molecule has 1 fully saturated rings. The fraction of sp³-hybridized carbons (Fsp3) is 0.933. The smallest absolute Gasteiger partial charge is 0.249 e. The molecule has 0 radical (unpaired) electrons. The molecule has 0 spiro atoms. The number of hydrogen-bond donors (Lipinski definition) is 2. The lowest BCUT2D eigenvalue weighted by atomic mass is 9.95. The summed E-state index contributed by atoms with van der Waals surface area (Å²) in [5.74, 6) is 0.0451. The second kappa shape index (κ2) is 9.32. The van der Waals surface area contributed by atoms with E-state index in [1.165, 1.54) is 19.3 Å². The van der Waals surface area contributed by atoms with Crippen LogP contribution in [0.4, 0.5) is 0 Å². The number of rotatable bonds is 8. The molecule has 0 bridgehead atoms. The van der Waals surface area contributed by atoms with Crippen LogP contribution in [0.3, 0.4) is 0 Å². The zero-order valence-corrected chi connectivity index (χ0v) is 12.7. The lowest BCUT2D eigenvalue weighted by molar-refractivity contribution is -0.132. The number of carbonyl (C=O) groups excluding carboxylic acids is 1. The van der Waals surface area contributed by atoms with Crippen molar-refractivity contribution in [3.05, 3.63) is 0 Å². The van der Waals surface area contributed by atoms with Crippen LogP contribution in [0.25, 0.3) is 0 Å². The molecule has 2 N–H and O–H groups in total. The van der Waals surface area contributed by atoms with Gasteiger partial charge in [-0.1, -0.05) is 33.1 Å². The summed E-state index contributed by atoms with van der Waals surface area (Å²) in [6, 6.07) is 0.877. The first-order valence-electron chi connectivity index (χ1n) is 7.75. The summed E-state index contributed by atoms with van der Waals surface area (Å²) in [5, 5.41) is 6.43. The van der Waals surface area contributed by atoms with Crippen molar-refractivity contribution in [2.45, 2.75) is 77.5 Å². The number of nitrogens with one attached hydrogen (secondary N) is 2. The van der Waals surface area contributed by atoms with Crippen molar-refractivity contribution in [2.24, 2.45) is 0 Å². The zero-order valence-electron chi connectivity index (χ0n) is 12.7. The number of amides is 1. The van der Waals surface area contributed by atoms with E-state index in [9.17, 15) is 4.79 Å². The van der Waals surface area contributed by atoms with Crippen LogP contribution in [0.1, 0.15) is 59.3 Å². The van der Waals surface area contributed by atoms with E-state index in [4.69, 9.17) is 4.74 Å². The van der Waals surface area contributed by atoms with Gasteiger partial charge in [0, 0.05) is 18.7 Å². The molecule has 1 rings (SSSR count). The van der Waals surface area contributed by atoms with Gasteiger partial charge >= 0.3 is 0 Å². The van der Waals surface area contributed by atoms with E-state index < -0.39 is 0 Å². The Labute approximate surface area is 117 Å². The molecule has 0 aromatic carbocycles. The van der Waals surface area contributed by atoms with Crippen LogP contribution in [0.2, 0.25) is 0 Å². The average Bonchev–Trinajstić information content (AvgIpc) is 2.38. The van der Waals surface area contributed by atoms with Crippen molar-refractivity contribution >= 4 is 5.91 Å². The SMILES string of the molecule is CC(C)NCCCOC(C)C(=O)NC1CCCCC1. The second-order valence-electron chi connectivity index (χ2n) is 5.82. The first-order valence-corrected chi connectivity index (χ1v) is 7.75. The summed E-state index contributed by atoms with van der Waals surface area (Å²) < 4.78 is 5.58. The normalized spacial score (nSPS) is 18.5. The van der Waals surface area contributed by atoms with E-state index in [-0.39, 0.29) is 12.0 Å². The van der Waals surface area contributed by atoms with Gasteiger partial charge in [-0.25, -0.2) is 0 Å². The van der Waals surface area contributed by atoms with Crippen LogP contribution in [-0.2, 0) is 9.53 Å². The molecule has 1 atom stereocenters. The Kier molecular flexibility index (Phi) is 8.07. The fourth-order valence-corrected chi connectivity index (χ4v) is 2.36. The fourth-order valence-electron chi connectivity index (χ4n) is 2.36. The van der Waals surface area contributed by atoms with Crippen LogP contribution in [0.5, 0.6) is 0 Å². The molecule has 1 amide bonds. The minimum atomic E-state index is -0.332. The van der Waals surface area contributed by atoms with Gasteiger partial charge in [0.05, 0.1) is 0 Å². The molecule has 0 saturated heterocycles. The van der Waals surface area contributed by atoms with Gasteiger partial charge in [0.1, 0.15) is 6.10 Å². The Balaban J connectivity index is 2.07. The molecule has 1 aliphatic carbocycles. The molecular formula is C15H30N2O2. The maximum Gasteiger partial charge on any atom is 0.249 e. The van der Waals surface area contributed by atoms with Crippen molar-refractivity contribution in [1.82, 2.24) is 10.6 Å². The minimum Gasteiger partial charge on any atom is -0.369 e. The highest BCUT2D eigenvalue weighted by Gasteiger charge is 2.19. The maximum atomic E-state index is 11.9. The zero-order chi connectivity index (χ0) is 14.1. The van der Waals surface area contributed by atoms with Crippen LogP contribution >= 0.6 is 0 Å². The largest absolute Gasteiger partial charge is 0.369 e. The van der Waals surface area contributed by atoms with Crippen LogP contribution in [-0.4, -0.2) is 37.2 Å². The van der Waals surface area contributed by atoms with Crippen molar-refractivity contribution in [2.75, 3.05) is 13.2 Å². The Morgan fingerprint density at radius 1 is 1.21 bits per heavy atom. The van der Waals surface area contributed by atoms with Gasteiger partial charge in [-0.2, -0.15) is 0 Å². The van der Waals surface area contributed by atoms with Crippen molar-refractivity contribution in [3.63, 3.8) is 0 Å². The predicted octanol–water partition coefficient (Wildman–Crippen LogP) is 2.23. The molecule has 1 unspecified atom stereocenters. The van der Waals surface area contributed by atoms with Gasteiger partial charge in [0.15, 0.2) is 0 Å². The Bertz CT molecular complexity index is 251. The predicted molar refractivity (Wildman–Crippen MR) is 78.2 cm³/mol. The molecule has 1 saturated carbocycles. The Morgan fingerprint density at radius 3 is 2.53 bits per heavy atom. The molecule has 1 aliphatic rings. The van der Waals surface area contributed by atoms with Gasteiger partial charge in [-0.05, 0) is 32.7 Å². The third kappa shape index (κ3) is 7.53. The van der Waals surface area contributed by atoms with Gasteiger partial charge in [-0.15, -0.1) is 0 Å². The van der Waals surface area contributed by atoms with E-state index in [1.807, 2.05) is 6.92 Å². The van der Waals surface area contributed by atoms with Crippen molar-refractivity contribution in [3.8, 4) is 0 Å². The van der Waals surface area contributed by atoms with E-state index >= 15 is 0 Å². The molecule has 4 heteroatoms. The highest BCUT2D eigenvalue weighted by atomic mass is 16.5. The molecule has 0 aromatic heterocycles. The topological polar surface area (TPSA) is 50.4 Å². The van der Waals surface area contributed by atoms with Gasteiger partial charge in [0.25, 0.3) is 0 Å². The van der Waals surface area contributed by atoms with E-state index in [1.54, 1.807) is 0 Å². The number of carbonyl (C=O) groups is 1. The first-order chi connectivity index (χ1) is 9.09. The maximum absolute atomic E-state index is 11.9. The first kappa shape index (κ1) is 16.4.